The van der Waals surface area contributed by atoms with Crippen LogP contribution in [-0.2, 0) is 0 Å². The van der Waals surface area contributed by atoms with E-state index >= 15 is 0 Å². The molecule has 3 aromatic heterocycles. The van der Waals surface area contributed by atoms with Crippen LogP contribution in [0, 0.1) is 0 Å². The number of thiophene rings is 1. The average Bonchev–Trinajstić information content (AvgIpc) is 3.46. The molecule has 0 spiro atoms. The van der Waals surface area contributed by atoms with E-state index in [-0.39, 0.29) is 14.0 Å². The van der Waals surface area contributed by atoms with Crippen LogP contribution in [0.2, 0.25) is 0 Å². The predicted molar refractivity (Wildman–Crippen MR) is 148 cm³/mol. The summed E-state index contributed by atoms with van der Waals surface area (Å²) >= 11 is 1.84. The van der Waals surface area contributed by atoms with E-state index in [9.17, 15) is 0 Å². The van der Waals surface area contributed by atoms with E-state index in [2.05, 4.69) is 104 Å². The molecule has 0 N–H and O–H groups in total. The standard InChI is InChI=1S/C24H22B2N8S/c1-31-21-22(28-10-9-27-21)32(2)25(31)15-5-7-19-17(13-15)18-14-16(6-8-20(18)35-19)26-33(3)23-24(34(26)4)30-12-11-29-23/h5-14H,1-4H3. The Morgan fingerprint density at radius 3 is 1.23 bits per heavy atom. The normalized spacial score (nSPS) is 15.1. The van der Waals surface area contributed by atoms with E-state index in [1.807, 2.05) is 11.3 Å². The molecule has 2 aliphatic heterocycles. The van der Waals surface area contributed by atoms with Crippen LogP contribution < -0.4 is 30.2 Å². The third-order valence-electron chi connectivity index (χ3n) is 7.24. The molecule has 11 heteroatoms. The number of rotatable bonds is 2. The molecule has 2 aromatic carbocycles. The van der Waals surface area contributed by atoms with Crippen molar-refractivity contribution in [3.8, 4) is 0 Å². The minimum absolute atomic E-state index is 0.0497. The second kappa shape index (κ2) is 7.32. The summed E-state index contributed by atoms with van der Waals surface area (Å²) in [6.45, 7) is 0.0994. The molecule has 0 amide bonds. The van der Waals surface area contributed by atoms with Crippen molar-refractivity contribution in [2.45, 2.75) is 0 Å². The Hall–Kier alpha value is -3.85. The van der Waals surface area contributed by atoms with Crippen LogP contribution in [0.15, 0.2) is 61.2 Å². The van der Waals surface area contributed by atoms with E-state index in [0.717, 1.165) is 23.3 Å². The van der Waals surface area contributed by atoms with Gasteiger partial charge in [0.15, 0.2) is 23.3 Å². The van der Waals surface area contributed by atoms with Crippen molar-refractivity contribution in [3.63, 3.8) is 0 Å². The maximum absolute atomic E-state index is 4.56. The first kappa shape index (κ1) is 20.5. The van der Waals surface area contributed by atoms with E-state index in [4.69, 9.17) is 0 Å². The average molecular weight is 476 g/mol. The van der Waals surface area contributed by atoms with Gasteiger partial charge in [-0.3, -0.25) is 0 Å². The maximum Gasteiger partial charge on any atom is 0.413 e. The van der Waals surface area contributed by atoms with Gasteiger partial charge in [-0.15, -0.1) is 11.3 Å². The lowest BCUT2D eigenvalue weighted by Gasteiger charge is -2.23. The molecule has 5 aromatic rings. The van der Waals surface area contributed by atoms with Crippen molar-refractivity contribution in [2.24, 2.45) is 0 Å². The molecule has 0 saturated heterocycles. The Bertz CT molecular complexity index is 1450. The summed E-state index contributed by atoms with van der Waals surface area (Å²) in [5.74, 6) is 3.64. The third-order valence-corrected chi connectivity index (χ3v) is 8.39. The largest absolute Gasteiger partial charge is 0.413 e. The first-order chi connectivity index (χ1) is 17.0. The van der Waals surface area contributed by atoms with Gasteiger partial charge in [0, 0.05) is 34.2 Å². The number of anilines is 4. The van der Waals surface area contributed by atoms with Gasteiger partial charge in [-0.05, 0) is 62.0 Å². The molecule has 7 rings (SSSR count). The summed E-state index contributed by atoms with van der Waals surface area (Å²) in [4.78, 5) is 27.0. The molecule has 0 radical (unpaired) electrons. The molecule has 0 bridgehead atoms. The number of fused-ring (bicyclic) bond motifs is 5. The van der Waals surface area contributed by atoms with Gasteiger partial charge in [0.1, 0.15) is 0 Å². The molecule has 0 atom stereocenters. The quantitative estimate of drug-likeness (QED) is 0.360. The highest BCUT2D eigenvalue weighted by Crippen LogP contribution is 2.36. The van der Waals surface area contributed by atoms with E-state index in [1.165, 1.54) is 31.1 Å². The molecule has 0 unspecified atom stereocenters. The van der Waals surface area contributed by atoms with Gasteiger partial charge in [-0.25, -0.2) is 19.9 Å². The number of benzene rings is 2. The highest BCUT2D eigenvalue weighted by molar-refractivity contribution is 7.25. The topological polar surface area (TPSA) is 64.5 Å². The zero-order chi connectivity index (χ0) is 23.8. The molecule has 2 aliphatic rings. The van der Waals surface area contributed by atoms with Crippen molar-refractivity contribution >= 4 is 79.7 Å². The highest BCUT2D eigenvalue weighted by atomic mass is 32.1. The first-order valence-electron chi connectivity index (χ1n) is 11.5. The Morgan fingerprint density at radius 1 is 0.543 bits per heavy atom. The van der Waals surface area contributed by atoms with Gasteiger partial charge in [0.25, 0.3) is 0 Å². The Kier molecular flexibility index (Phi) is 4.29. The third kappa shape index (κ3) is 2.81. The molecule has 0 saturated carbocycles. The second-order valence-corrected chi connectivity index (χ2v) is 10.3. The minimum Gasteiger partial charge on any atom is -0.376 e. The number of nitrogens with zero attached hydrogens (tertiary/aromatic N) is 8. The monoisotopic (exact) mass is 476 g/mol. The molecule has 8 nitrogen and oxygen atoms in total. The van der Waals surface area contributed by atoms with Crippen LogP contribution >= 0.6 is 11.3 Å². The van der Waals surface area contributed by atoms with Gasteiger partial charge in [0.05, 0.1) is 0 Å². The van der Waals surface area contributed by atoms with Crippen LogP contribution in [0.3, 0.4) is 0 Å². The van der Waals surface area contributed by atoms with E-state index in [1.54, 1.807) is 24.8 Å². The van der Waals surface area contributed by atoms with Gasteiger partial charge in [-0.1, -0.05) is 24.3 Å². The summed E-state index contributed by atoms with van der Waals surface area (Å²) < 4.78 is 2.58. The van der Waals surface area contributed by atoms with Gasteiger partial charge >= 0.3 is 14.0 Å². The zero-order valence-corrected chi connectivity index (χ0v) is 20.7. The van der Waals surface area contributed by atoms with Crippen molar-refractivity contribution in [1.29, 1.82) is 0 Å². The lowest BCUT2D eigenvalue weighted by Crippen LogP contribution is -2.54. The summed E-state index contributed by atoms with van der Waals surface area (Å²) in [5, 5.41) is 2.56. The fourth-order valence-corrected chi connectivity index (χ4v) is 6.72. The van der Waals surface area contributed by atoms with Crippen LogP contribution in [0.5, 0.6) is 0 Å². The number of hydrogen-bond donors (Lipinski definition) is 0. The van der Waals surface area contributed by atoms with Crippen molar-refractivity contribution < 1.29 is 0 Å². The second-order valence-electron chi connectivity index (χ2n) is 9.21. The molecule has 5 heterocycles. The predicted octanol–water partition coefficient (Wildman–Crippen LogP) is 2.20. The minimum atomic E-state index is 0.0497. The lowest BCUT2D eigenvalue weighted by molar-refractivity contribution is 1.15. The van der Waals surface area contributed by atoms with Crippen LogP contribution in [0.1, 0.15) is 0 Å². The summed E-state index contributed by atoms with van der Waals surface area (Å²) in [6.07, 6.45) is 7.01. The van der Waals surface area contributed by atoms with Crippen molar-refractivity contribution in [1.82, 2.24) is 19.9 Å². The van der Waals surface area contributed by atoms with Gasteiger partial charge in [0.2, 0.25) is 0 Å². The Morgan fingerprint density at radius 2 is 0.886 bits per heavy atom. The summed E-state index contributed by atoms with van der Waals surface area (Å²) in [7, 11) is 8.34. The van der Waals surface area contributed by atoms with Crippen LogP contribution in [0.25, 0.3) is 20.2 Å². The Labute approximate surface area is 208 Å². The SMILES string of the molecule is CN1B(c2ccc3sc4ccc(B5N(C)c6nccnc6N5C)cc4c3c2)N(C)c2nccnc21. The molecular weight excluding hydrogens is 454 g/mol. The van der Waals surface area contributed by atoms with E-state index in [0.29, 0.717) is 0 Å². The molecule has 35 heavy (non-hydrogen) atoms. The smallest absolute Gasteiger partial charge is 0.376 e. The van der Waals surface area contributed by atoms with Gasteiger partial charge in [-0.2, -0.15) is 0 Å². The summed E-state index contributed by atoms with van der Waals surface area (Å²) in [6, 6.07) is 13.6. The van der Waals surface area contributed by atoms with E-state index < -0.39 is 0 Å². The maximum atomic E-state index is 4.56. The zero-order valence-electron chi connectivity index (χ0n) is 19.9. The first-order valence-corrected chi connectivity index (χ1v) is 12.3. The van der Waals surface area contributed by atoms with Crippen molar-refractivity contribution in [3.05, 3.63) is 61.2 Å². The van der Waals surface area contributed by atoms with Crippen molar-refractivity contribution in [2.75, 3.05) is 47.4 Å². The Balaban J connectivity index is 1.33. The summed E-state index contributed by atoms with van der Waals surface area (Å²) in [5.41, 5.74) is 2.45. The lowest BCUT2D eigenvalue weighted by atomic mass is 9.65. The molecule has 170 valence electrons. The molecule has 0 aliphatic carbocycles. The molecule has 0 fully saturated rings. The number of aromatic nitrogens is 4. The van der Waals surface area contributed by atoms with Crippen LogP contribution in [0.4, 0.5) is 23.3 Å². The fourth-order valence-electron chi connectivity index (χ4n) is 5.65. The number of hydrogen-bond acceptors (Lipinski definition) is 9. The molecular formula is C24H22B2N8S. The highest BCUT2D eigenvalue weighted by Gasteiger charge is 2.41. The van der Waals surface area contributed by atoms with Gasteiger partial charge < -0.3 is 19.2 Å². The van der Waals surface area contributed by atoms with Crippen LogP contribution in [-0.4, -0.2) is 62.1 Å². The fraction of sp³-hybridized carbons (Fsp3) is 0.167.